The fourth-order valence-electron chi connectivity index (χ4n) is 2.46. The van der Waals surface area contributed by atoms with Crippen molar-refractivity contribution in [2.75, 3.05) is 25.0 Å². The highest BCUT2D eigenvalue weighted by atomic mass is 19.1. The Labute approximate surface area is 174 Å². The predicted octanol–water partition coefficient (Wildman–Crippen LogP) is 0.303. The molecule has 0 fully saturated rings. The number of amides is 1. The van der Waals surface area contributed by atoms with Gasteiger partial charge >= 0.3 is 0 Å². The Bertz CT molecular complexity index is 927. The van der Waals surface area contributed by atoms with Crippen molar-refractivity contribution in [3.63, 3.8) is 0 Å². The molecule has 10 nitrogen and oxygen atoms in total. The maximum atomic E-state index is 13.7. The third kappa shape index (κ3) is 7.41. The summed E-state index contributed by atoms with van der Waals surface area (Å²) in [6.45, 7) is 2.06. The van der Waals surface area contributed by atoms with E-state index in [1.165, 1.54) is 16.8 Å². The molecule has 1 heterocycles. The molecule has 1 aromatic heterocycles. The van der Waals surface area contributed by atoms with Crippen molar-refractivity contribution in [1.82, 2.24) is 14.9 Å². The summed E-state index contributed by atoms with van der Waals surface area (Å²) in [5.74, 6) is -0.808. The zero-order valence-electron chi connectivity index (χ0n) is 16.0. The largest absolute Gasteiger partial charge is 0.391 e. The van der Waals surface area contributed by atoms with Crippen molar-refractivity contribution in [2.24, 2.45) is 16.6 Å². The van der Waals surface area contributed by atoms with Gasteiger partial charge in [-0.15, -0.1) is 0 Å². The summed E-state index contributed by atoms with van der Waals surface area (Å²) in [4.78, 5) is 33.5. The average Bonchev–Trinajstić information content (AvgIpc) is 2.68. The van der Waals surface area contributed by atoms with E-state index in [1.54, 1.807) is 25.1 Å². The van der Waals surface area contributed by atoms with Gasteiger partial charge in [-0.3, -0.25) is 14.2 Å². The second kappa shape index (κ2) is 12.0. The Hall–Kier alpha value is -3.63. The third-order valence-corrected chi connectivity index (χ3v) is 3.89. The fourth-order valence-corrected chi connectivity index (χ4v) is 2.46. The zero-order chi connectivity index (χ0) is 21.2. The topological polar surface area (TPSA) is 150 Å². The summed E-state index contributed by atoms with van der Waals surface area (Å²) in [6.07, 6.45) is 1.87. The molecule has 2 aromatic rings. The van der Waals surface area contributed by atoms with Crippen LogP contribution in [0.4, 0.5) is 10.2 Å². The molecule has 30 heavy (non-hydrogen) atoms. The van der Waals surface area contributed by atoms with Gasteiger partial charge in [0.05, 0.1) is 6.54 Å². The average molecular weight is 421 g/mol. The number of rotatable bonds is 10. The first kappa shape index (κ1) is 24.4. The Kier molecular flexibility index (Phi) is 9.80. The number of guanidine groups is 1. The van der Waals surface area contributed by atoms with E-state index in [1.807, 2.05) is 0 Å². The van der Waals surface area contributed by atoms with Gasteiger partial charge in [0, 0.05) is 18.4 Å². The van der Waals surface area contributed by atoms with E-state index in [0.29, 0.717) is 24.2 Å². The minimum Gasteiger partial charge on any atom is -0.391 e. The predicted molar refractivity (Wildman–Crippen MR) is 113 cm³/mol. The molecular weight excluding hydrogens is 393 g/mol. The number of halogens is 1. The van der Waals surface area contributed by atoms with E-state index in [0.717, 1.165) is 0 Å². The van der Waals surface area contributed by atoms with Crippen LogP contribution in [0.3, 0.4) is 0 Å². The molecule has 2 rings (SSSR count). The van der Waals surface area contributed by atoms with Crippen molar-refractivity contribution in [3.8, 4) is 0 Å². The normalized spacial score (nSPS) is 9.93. The van der Waals surface area contributed by atoms with Gasteiger partial charge < -0.3 is 26.9 Å². The summed E-state index contributed by atoms with van der Waals surface area (Å²) in [7, 11) is 0. The summed E-state index contributed by atoms with van der Waals surface area (Å²) >= 11 is 0. The molecule has 0 aliphatic rings. The lowest BCUT2D eigenvalue weighted by Gasteiger charge is -2.12. The van der Waals surface area contributed by atoms with Gasteiger partial charge in [-0.1, -0.05) is 25.6 Å². The number of nitrogens with one attached hydrogen (secondary N) is 2. The van der Waals surface area contributed by atoms with Crippen molar-refractivity contribution < 1.29 is 14.0 Å². The van der Waals surface area contributed by atoms with E-state index >= 15 is 0 Å². The van der Waals surface area contributed by atoms with E-state index in [9.17, 15) is 14.0 Å². The zero-order valence-corrected chi connectivity index (χ0v) is 16.0. The maximum absolute atomic E-state index is 13.7. The molecule has 11 heteroatoms. The monoisotopic (exact) mass is 421 g/mol. The molecule has 164 valence electrons. The van der Waals surface area contributed by atoms with Crippen molar-refractivity contribution in [2.45, 2.75) is 27.3 Å². The molecule has 0 bridgehead atoms. The first-order valence-corrected chi connectivity index (χ1v) is 8.89. The number of carbonyl (C=O) groups excluding carboxylic acids is 1. The molecular formula is C19H28FN7O3. The van der Waals surface area contributed by atoms with Gasteiger partial charge in [0.25, 0.3) is 5.56 Å². The number of nitrogens with two attached hydrogens (primary N) is 2. The number of nitrogens with zero attached hydrogens (tertiary/aromatic N) is 3. The highest BCUT2D eigenvalue weighted by Gasteiger charge is 2.11. The van der Waals surface area contributed by atoms with Gasteiger partial charge in [0.2, 0.25) is 11.9 Å². The molecule has 0 unspecified atom stereocenters. The number of hydrogen-bond donors (Lipinski definition) is 4. The summed E-state index contributed by atoms with van der Waals surface area (Å²) in [6, 6.07) is 6.42. The van der Waals surface area contributed by atoms with Gasteiger partial charge in [0.1, 0.15) is 19.0 Å². The van der Waals surface area contributed by atoms with Crippen molar-refractivity contribution >= 4 is 17.7 Å². The second-order valence-electron chi connectivity index (χ2n) is 6.11. The summed E-state index contributed by atoms with van der Waals surface area (Å²) < 4.78 is 15.0. The minimum atomic E-state index is -0.439. The van der Waals surface area contributed by atoms with Crippen LogP contribution in [0, 0.1) is 12.7 Å². The van der Waals surface area contributed by atoms with Crippen LogP contribution in [-0.2, 0) is 22.6 Å². The molecule has 1 amide bonds. The smallest absolute Gasteiger partial charge is 0.293 e. The Balaban J connectivity index is 0.00000450. The first-order chi connectivity index (χ1) is 13.9. The number of anilines is 1. The van der Waals surface area contributed by atoms with E-state index in [4.69, 9.17) is 16.3 Å². The number of hydrogen-bond acceptors (Lipinski definition) is 6. The summed E-state index contributed by atoms with van der Waals surface area (Å²) in [5.41, 5.74) is 10.8. The third-order valence-electron chi connectivity index (χ3n) is 3.89. The standard InChI is InChI=1S/C18H24FN7O3.CH4/c1-12-10-24-16(23-7-6-13-4-2-3-5-14(13)19)17(28)26(12)11-15(27)22-8-9-29-25-18(20)21;/h2-5,10H,6-9,11H2,1H3,(H,22,27)(H,23,24)(H4,20,21,25);1H4. The molecule has 0 spiro atoms. The molecule has 6 N–H and O–H groups in total. The van der Waals surface area contributed by atoms with E-state index in [-0.39, 0.29) is 50.6 Å². The molecule has 1 aromatic carbocycles. The van der Waals surface area contributed by atoms with Crippen LogP contribution < -0.4 is 27.7 Å². The van der Waals surface area contributed by atoms with Gasteiger partial charge in [-0.2, -0.15) is 0 Å². The number of aryl methyl sites for hydroxylation is 1. The van der Waals surface area contributed by atoms with Crippen LogP contribution in [0.25, 0.3) is 0 Å². The quantitative estimate of drug-likeness (QED) is 0.186. The number of carbonyl (C=O) groups is 1. The highest BCUT2D eigenvalue weighted by Crippen LogP contribution is 2.07. The van der Waals surface area contributed by atoms with Gasteiger partial charge in [-0.05, 0) is 30.1 Å². The minimum absolute atomic E-state index is 0. The molecule has 0 atom stereocenters. The molecule has 0 aliphatic carbocycles. The Morgan fingerprint density at radius 1 is 1.30 bits per heavy atom. The number of oxime groups is 1. The Morgan fingerprint density at radius 2 is 2.03 bits per heavy atom. The van der Waals surface area contributed by atoms with Crippen LogP contribution in [0.15, 0.2) is 40.4 Å². The number of benzene rings is 1. The first-order valence-electron chi connectivity index (χ1n) is 8.89. The van der Waals surface area contributed by atoms with Gasteiger partial charge in [-0.25, -0.2) is 9.37 Å². The lowest BCUT2D eigenvalue weighted by atomic mass is 10.1. The molecule has 0 radical (unpaired) electrons. The van der Waals surface area contributed by atoms with Crippen LogP contribution in [0.2, 0.25) is 0 Å². The van der Waals surface area contributed by atoms with Gasteiger partial charge in [0.15, 0.2) is 5.82 Å². The molecule has 0 saturated carbocycles. The number of aromatic nitrogens is 2. The van der Waals surface area contributed by atoms with E-state index in [2.05, 4.69) is 20.8 Å². The van der Waals surface area contributed by atoms with Crippen LogP contribution >= 0.6 is 0 Å². The lowest BCUT2D eigenvalue weighted by molar-refractivity contribution is -0.122. The van der Waals surface area contributed by atoms with Crippen LogP contribution in [0.5, 0.6) is 0 Å². The van der Waals surface area contributed by atoms with E-state index < -0.39 is 5.56 Å². The SMILES string of the molecule is C.Cc1cnc(NCCc2ccccc2F)c(=O)n1CC(=O)NCCON=C(N)N. The van der Waals surface area contributed by atoms with Crippen molar-refractivity contribution in [3.05, 3.63) is 57.9 Å². The maximum Gasteiger partial charge on any atom is 0.293 e. The van der Waals surface area contributed by atoms with Crippen LogP contribution in [0.1, 0.15) is 18.7 Å². The molecule has 0 aliphatic heterocycles. The van der Waals surface area contributed by atoms with Crippen molar-refractivity contribution in [1.29, 1.82) is 0 Å². The Morgan fingerprint density at radius 3 is 2.73 bits per heavy atom. The van der Waals surface area contributed by atoms with Crippen LogP contribution in [-0.4, -0.2) is 41.1 Å². The second-order valence-corrected chi connectivity index (χ2v) is 6.11. The summed E-state index contributed by atoms with van der Waals surface area (Å²) in [5, 5.41) is 8.82. The molecule has 0 saturated heterocycles. The highest BCUT2D eigenvalue weighted by molar-refractivity contribution is 5.76. The fraction of sp³-hybridized carbons (Fsp3) is 0.368. The lowest BCUT2D eigenvalue weighted by Crippen LogP contribution is -2.36.